The number of aromatic nitrogens is 4. The highest BCUT2D eigenvalue weighted by Crippen LogP contribution is 2.24. The monoisotopic (exact) mass is 420 g/mol. The van der Waals surface area contributed by atoms with E-state index in [0.29, 0.717) is 12.3 Å². The van der Waals surface area contributed by atoms with Crippen molar-refractivity contribution >= 4 is 28.7 Å². The number of carbonyl (C=O) groups excluding carboxylic acids is 1. The van der Waals surface area contributed by atoms with Gasteiger partial charge in [-0.15, -0.1) is 0 Å². The summed E-state index contributed by atoms with van der Waals surface area (Å²) in [4.78, 5) is 17.2. The lowest BCUT2D eigenvalue weighted by Gasteiger charge is -2.17. The summed E-state index contributed by atoms with van der Waals surface area (Å²) in [6, 6.07) is 6.13. The van der Waals surface area contributed by atoms with Crippen molar-refractivity contribution in [3.05, 3.63) is 47.1 Å². The molecule has 0 fully saturated rings. The van der Waals surface area contributed by atoms with E-state index in [9.17, 15) is 10.1 Å². The van der Waals surface area contributed by atoms with Gasteiger partial charge in [-0.2, -0.15) is 10.4 Å². The Bertz CT molecular complexity index is 1180. The van der Waals surface area contributed by atoms with Gasteiger partial charge in [-0.3, -0.25) is 4.79 Å². The Morgan fingerprint density at radius 2 is 2.03 bits per heavy atom. The van der Waals surface area contributed by atoms with Crippen molar-refractivity contribution in [2.75, 3.05) is 19.0 Å². The molecule has 3 heterocycles. The Morgan fingerprint density at radius 3 is 2.68 bits per heavy atom. The fourth-order valence-electron chi connectivity index (χ4n) is 3.83. The van der Waals surface area contributed by atoms with Gasteiger partial charge in [0.25, 0.3) is 5.91 Å². The second kappa shape index (κ2) is 9.14. The number of carbonyl (C=O) groups is 1. The predicted molar refractivity (Wildman–Crippen MR) is 121 cm³/mol. The molecule has 162 valence electrons. The van der Waals surface area contributed by atoms with E-state index in [-0.39, 0.29) is 17.7 Å². The van der Waals surface area contributed by atoms with Crippen LogP contribution in [0.5, 0.6) is 0 Å². The van der Waals surface area contributed by atoms with Gasteiger partial charge < -0.3 is 14.6 Å². The lowest BCUT2D eigenvalue weighted by molar-refractivity contribution is -0.112. The van der Waals surface area contributed by atoms with Crippen molar-refractivity contribution in [2.24, 2.45) is 0 Å². The van der Waals surface area contributed by atoms with Crippen LogP contribution in [-0.4, -0.2) is 39.0 Å². The molecular formula is C23H28N6O2. The molecule has 1 unspecified atom stereocenters. The lowest BCUT2D eigenvalue weighted by Crippen LogP contribution is -2.14. The molecule has 8 nitrogen and oxygen atoms in total. The number of hydrogen-bond acceptors (Lipinski definition) is 5. The van der Waals surface area contributed by atoms with E-state index in [0.717, 1.165) is 28.0 Å². The van der Waals surface area contributed by atoms with Gasteiger partial charge in [0, 0.05) is 29.9 Å². The molecule has 31 heavy (non-hydrogen) atoms. The fraction of sp³-hybridized carbons (Fsp3) is 0.391. The summed E-state index contributed by atoms with van der Waals surface area (Å²) in [6.07, 6.45) is 4.92. The number of nitriles is 1. The number of nitrogens with zero attached hydrogens (tertiary/aromatic N) is 5. The van der Waals surface area contributed by atoms with Gasteiger partial charge in [0.05, 0.1) is 30.7 Å². The van der Waals surface area contributed by atoms with Crippen molar-refractivity contribution in [3.8, 4) is 6.07 Å². The molecular weight excluding hydrogens is 392 g/mol. The topological polar surface area (TPSA) is 97.8 Å². The Kier molecular flexibility index (Phi) is 6.56. The Morgan fingerprint density at radius 1 is 1.29 bits per heavy atom. The van der Waals surface area contributed by atoms with Crippen molar-refractivity contribution in [2.45, 2.75) is 46.7 Å². The number of ether oxygens (including phenoxy) is 1. The zero-order valence-electron chi connectivity index (χ0n) is 18.8. The Hall–Kier alpha value is -3.44. The third-order valence-corrected chi connectivity index (χ3v) is 5.22. The molecule has 0 aliphatic carbocycles. The van der Waals surface area contributed by atoms with Crippen LogP contribution in [0, 0.1) is 25.2 Å². The zero-order valence-corrected chi connectivity index (χ0v) is 18.8. The number of nitrogens with one attached hydrogen (secondary N) is 1. The van der Waals surface area contributed by atoms with Crippen LogP contribution in [0.4, 0.5) is 5.69 Å². The molecule has 1 N–H and O–H groups in total. The second-order valence-corrected chi connectivity index (χ2v) is 7.94. The van der Waals surface area contributed by atoms with Crippen LogP contribution in [0.2, 0.25) is 0 Å². The van der Waals surface area contributed by atoms with Gasteiger partial charge in [0.1, 0.15) is 11.6 Å². The maximum absolute atomic E-state index is 12.8. The van der Waals surface area contributed by atoms with Crippen molar-refractivity contribution in [3.63, 3.8) is 0 Å². The second-order valence-electron chi connectivity index (χ2n) is 7.94. The summed E-state index contributed by atoms with van der Waals surface area (Å²) >= 11 is 0. The highest BCUT2D eigenvalue weighted by Gasteiger charge is 2.16. The van der Waals surface area contributed by atoms with Crippen LogP contribution in [0.25, 0.3) is 17.1 Å². The number of amides is 1. The molecule has 3 aromatic heterocycles. The van der Waals surface area contributed by atoms with Crippen molar-refractivity contribution in [1.82, 2.24) is 19.3 Å². The van der Waals surface area contributed by atoms with Gasteiger partial charge in [0.2, 0.25) is 0 Å². The summed E-state index contributed by atoms with van der Waals surface area (Å²) < 4.78 is 9.23. The molecule has 0 saturated heterocycles. The first-order valence-corrected chi connectivity index (χ1v) is 10.2. The SMILES string of the molecule is COCC(C)n1c(C)cc(/C=C(/C#N)C(=O)Nc2cnc3c(cnn3C(C)C)c2)c1C. The molecule has 1 atom stereocenters. The maximum atomic E-state index is 12.8. The molecule has 0 spiro atoms. The van der Waals surface area contributed by atoms with Gasteiger partial charge in [0.15, 0.2) is 5.65 Å². The van der Waals surface area contributed by atoms with Gasteiger partial charge in [-0.05, 0) is 58.4 Å². The summed E-state index contributed by atoms with van der Waals surface area (Å²) in [6.45, 7) is 10.7. The summed E-state index contributed by atoms with van der Waals surface area (Å²) in [5, 5.41) is 17.5. The number of methoxy groups -OCH3 is 1. The van der Waals surface area contributed by atoms with Crippen LogP contribution in [0.15, 0.2) is 30.1 Å². The molecule has 0 radical (unpaired) electrons. The highest BCUT2D eigenvalue weighted by atomic mass is 16.5. The average molecular weight is 421 g/mol. The summed E-state index contributed by atoms with van der Waals surface area (Å²) in [5.74, 6) is -0.477. The third kappa shape index (κ3) is 4.52. The van der Waals surface area contributed by atoms with Crippen LogP contribution in [0.1, 0.15) is 49.8 Å². The Labute approximate surface area is 182 Å². The number of pyridine rings is 1. The minimum absolute atomic E-state index is 0.0256. The molecule has 3 rings (SSSR count). The smallest absolute Gasteiger partial charge is 0.266 e. The third-order valence-electron chi connectivity index (χ3n) is 5.22. The molecule has 0 aliphatic rings. The molecule has 8 heteroatoms. The number of fused-ring (bicyclic) bond motifs is 1. The summed E-state index contributed by atoms with van der Waals surface area (Å²) in [5.41, 5.74) is 4.15. The predicted octanol–water partition coefficient (Wildman–Crippen LogP) is 4.18. The van der Waals surface area contributed by atoms with E-state index in [2.05, 4.69) is 26.9 Å². The minimum atomic E-state index is -0.477. The van der Waals surface area contributed by atoms with E-state index < -0.39 is 5.91 Å². The molecule has 0 saturated carbocycles. The highest BCUT2D eigenvalue weighted by molar-refractivity contribution is 6.10. The van der Waals surface area contributed by atoms with Gasteiger partial charge >= 0.3 is 0 Å². The van der Waals surface area contributed by atoms with Crippen LogP contribution < -0.4 is 5.32 Å². The van der Waals surface area contributed by atoms with Gasteiger partial charge in [-0.1, -0.05) is 0 Å². The summed E-state index contributed by atoms with van der Waals surface area (Å²) in [7, 11) is 1.67. The number of hydrogen-bond donors (Lipinski definition) is 1. The number of anilines is 1. The number of aryl methyl sites for hydroxylation is 1. The standard InChI is InChI=1S/C23H28N6O2/c1-14(2)29-22-20(11-26-29)9-21(12-25-22)27-23(30)19(10-24)8-18-7-15(3)28(17(18)5)16(4)13-31-6/h7-9,11-12,14,16H,13H2,1-6H3,(H,27,30)/b19-8-. The zero-order chi connectivity index (χ0) is 22.7. The maximum Gasteiger partial charge on any atom is 0.266 e. The van der Waals surface area contributed by atoms with E-state index in [4.69, 9.17) is 4.74 Å². The first-order valence-electron chi connectivity index (χ1n) is 10.2. The average Bonchev–Trinajstić information content (AvgIpc) is 3.26. The van der Waals surface area contributed by atoms with E-state index in [1.165, 1.54) is 0 Å². The van der Waals surface area contributed by atoms with E-state index >= 15 is 0 Å². The van der Waals surface area contributed by atoms with E-state index in [1.807, 2.05) is 44.5 Å². The van der Waals surface area contributed by atoms with Crippen LogP contribution in [0.3, 0.4) is 0 Å². The van der Waals surface area contributed by atoms with E-state index in [1.54, 1.807) is 31.6 Å². The number of rotatable bonds is 7. The first kappa shape index (κ1) is 22.2. The fourth-order valence-corrected chi connectivity index (χ4v) is 3.83. The molecule has 0 aromatic carbocycles. The first-order chi connectivity index (χ1) is 14.8. The normalized spacial score (nSPS) is 12.9. The molecule has 0 bridgehead atoms. The molecule has 3 aromatic rings. The van der Waals surface area contributed by atoms with Crippen LogP contribution >= 0.6 is 0 Å². The quantitative estimate of drug-likeness (QED) is 0.457. The van der Waals surface area contributed by atoms with Crippen molar-refractivity contribution in [1.29, 1.82) is 5.26 Å². The molecule has 0 aliphatic heterocycles. The minimum Gasteiger partial charge on any atom is -0.383 e. The Balaban J connectivity index is 1.85. The van der Waals surface area contributed by atoms with Crippen LogP contribution in [-0.2, 0) is 9.53 Å². The largest absolute Gasteiger partial charge is 0.383 e. The molecule has 1 amide bonds. The van der Waals surface area contributed by atoms with Gasteiger partial charge in [-0.25, -0.2) is 9.67 Å². The lowest BCUT2D eigenvalue weighted by atomic mass is 10.1. The van der Waals surface area contributed by atoms with Crippen molar-refractivity contribution < 1.29 is 9.53 Å².